The van der Waals surface area contributed by atoms with Crippen LogP contribution < -0.4 is 5.73 Å². The summed E-state index contributed by atoms with van der Waals surface area (Å²) in [5.74, 6) is 0.599. The summed E-state index contributed by atoms with van der Waals surface area (Å²) in [5, 5.41) is 2.42. The molecule has 2 heteroatoms. The fourth-order valence-electron chi connectivity index (χ4n) is 3.22. The van der Waals surface area contributed by atoms with Crippen molar-refractivity contribution in [3.8, 4) is 0 Å². The highest BCUT2D eigenvalue weighted by Gasteiger charge is 2.24. The molecule has 0 bridgehead atoms. The number of carbonyl (C=O) groups is 1. The van der Waals surface area contributed by atoms with Crippen molar-refractivity contribution in [2.24, 2.45) is 11.7 Å². The largest absolute Gasteiger partial charge is 0.328 e. The average molecular weight is 267 g/mol. The number of rotatable bonds is 3. The predicted octanol–water partition coefficient (Wildman–Crippen LogP) is 3.47. The van der Waals surface area contributed by atoms with Gasteiger partial charge in [-0.05, 0) is 42.0 Å². The molecule has 20 heavy (non-hydrogen) atoms. The molecule has 0 aliphatic heterocycles. The van der Waals surface area contributed by atoms with E-state index >= 15 is 0 Å². The molecule has 2 aromatic rings. The van der Waals surface area contributed by atoms with Gasteiger partial charge in [0.25, 0.3) is 0 Å². The van der Waals surface area contributed by atoms with Crippen LogP contribution in [0, 0.1) is 5.92 Å². The normalized spacial score (nSPS) is 22.9. The van der Waals surface area contributed by atoms with E-state index in [1.807, 2.05) is 18.2 Å². The van der Waals surface area contributed by atoms with E-state index in [2.05, 4.69) is 24.3 Å². The highest BCUT2D eigenvalue weighted by atomic mass is 16.1. The first-order chi connectivity index (χ1) is 9.74. The van der Waals surface area contributed by atoms with E-state index in [1.54, 1.807) is 0 Å². The van der Waals surface area contributed by atoms with Gasteiger partial charge in [0.15, 0.2) is 0 Å². The maximum Gasteiger partial charge on any atom is 0.140 e. The van der Waals surface area contributed by atoms with Crippen molar-refractivity contribution in [3.05, 3.63) is 48.0 Å². The van der Waals surface area contributed by atoms with Crippen LogP contribution in [0.15, 0.2) is 42.5 Å². The van der Waals surface area contributed by atoms with E-state index in [-0.39, 0.29) is 5.92 Å². The molecule has 0 spiro atoms. The lowest BCUT2D eigenvalue weighted by atomic mass is 9.82. The Kier molecular flexibility index (Phi) is 3.83. The lowest BCUT2D eigenvalue weighted by Gasteiger charge is -2.25. The summed E-state index contributed by atoms with van der Waals surface area (Å²) >= 11 is 0. The molecule has 104 valence electrons. The molecule has 1 saturated carbocycles. The van der Waals surface area contributed by atoms with Crippen LogP contribution in [-0.2, 0) is 11.2 Å². The molecule has 2 nitrogen and oxygen atoms in total. The van der Waals surface area contributed by atoms with Gasteiger partial charge in [0.2, 0.25) is 0 Å². The van der Waals surface area contributed by atoms with Gasteiger partial charge in [-0.25, -0.2) is 0 Å². The quantitative estimate of drug-likeness (QED) is 0.925. The average Bonchev–Trinajstić information content (AvgIpc) is 2.48. The lowest BCUT2D eigenvalue weighted by Crippen LogP contribution is -2.30. The van der Waals surface area contributed by atoms with E-state index in [4.69, 9.17) is 5.73 Å². The van der Waals surface area contributed by atoms with E-state index in [1.165, 1.54) is 10.8 Å². The maximum atomic E-state index is 12.5. The van der Waals surface area contributed by atoms with Gasteiger partial charge < -0.3 is 5.73 Å². The first-order valence-corrected chi connectivity index (χ1v) is 7.49. The Morgan fingerprint density at radius 1 is 1.00 bits per heavy atom. The minimum absolute atomic E-state index is 0.216. The molecule has 0 atom stereocenters. The first kappa shape index (κ1) is 13.3. The maximum absolute atomic E-state index is 12.5. The Balaban J connectivity index is 1.77. The van der Waals surface area contributed by atoms with Crippen LogP contribution in [0.4, 0.5) is 0 Å². The van der Waals surface area contributed by atoms with Gasteiger partial charge in [0.1, 0.15) is 5.78 Å². The SMILES string of the molecule is NC1CCC(C(=O)Cc2cccc3ccccc23)CC1. The third-order valence-electron chi connectivity index (χ3n) is 4.47. The van der Waals surface area contributed by atoms with Crippen molar-refractivity contribution in [3.63, 3.8) is 0 Å². The Morgan fingerprint density at radius 2 is 1.70 bits per heavy atom. The van der Waals surface area contributed by atoms with Crippen LogP contribution in [0.5, 0.6) is 0 Å². The number of fused-ring (bicyclic) bond motifs is 1. The van der Waals surface area contributed by atoms with E-state index in [0.717, 1.165) is 31.2 Å². The smallest absolute Gasteiger partial charge is 0.140 e. The second-order valence-electron chi connectivity index (χ2n) is 5.89. The summed E-state index contributed by atoms with van der Waals surface area (Å²) in [6.45, 7) is 0. The molecule has 1 aliphatic rings. The fraction of sp³-hybridized carbons (Fsp3) is 0.389. The summed E-state index contributed by atoms with van der Waals surface area (Å²) in [6, 6.07) is 14.8. The topological polar surface area (TPSA) is 43.1 Å². The molecule has 0 radical (unpaired) electrons. The third-order valence-corrected chi connectivity index (χ3v) is 4.47. The summed E-state index contributed by atoms with van der Waals surface area (Å²) < 4.78 is 0. The molecule has 2 N–H and O–H groups in total. The second-order valence-corrected chi connectivity index (χ2v) is 5.89. The molecule has 0 amide bonds. The Morgan fingerprint density at radius 3 is 2.50 bits per heavy atom. The zero-order valence-corrected chi connectivity index (χ0v) is 11.7. The number of Topliss-reactive ketones (excluding diaryl/α,β-unsaturated/α-hetero) is 1. The molecular formula is C18H21NO. The highest BCUT2D eigenvalue weighted by molar-refractivity contribution is 5.91. The van der Waals surface area contributed by atoms with Gasteiger partial charge in [-0.3, -0.25) is 4.79 Å². The summed E-state index contributed by atoms with van der Waals surface area (Å²) in [5.41, 5.74) is 7.07. The molecule has 0 unspecified atom stereocenters. The van der Waals surface area contributed by atoms with Crippen LogP contribution in [0.3, 0.4) is 0 Å². The van der Waals surface area contributed by atoms with Gasteiger partial charge in [0.05, 0.1) is 0 Å². The molecule has 0 aromatic heterocycles. The number of hydrogen-bond acceptors (Lipinski definition) is 2. The minimum atomic E-state index is 0.216. The predicted molar refractivity (Wildman–Crippen MR) is 82.6 cm³/mol. The summed E-state index contributed by atoms with van der Waals surface area (Å²) in [7, 11) is 0. The second kappa shape index (κ2) is 5.76. The van der Waals surface area contributed by atoms with Crippen molar-refractivity contribution in [2.75, 3.05) is 0 Å². The monoisotopic (exact) mass is 267 g/mol. The molecule has 0 saturated heterocycles. The Bertz CT molecular complexity index is 606. The fourth-order valence-corrected chi connectivity index (χ4v) is 3.22. The minimum Gasteiger partial charge on any atom is -0.328 e. The van der Waals surface area contributed by atoms with Gasteiger partial charge in [0, 0.05) is 18.4 Å². The van der Waals surface area contributed by atoms with E-state index in [9.17, 15) is 4.79 Å². The number of benzene rings is 2. The van der Waals surface area contributed by atoms with Crippen LogP contribution >= 0.6 is 0 Å². The van der Waals surface area contributed by atoms with Gasteiger partial charge in [-0.2, -0.15) is 0 Å². The van der Waals surface area contributed by atoms with Gasteiger partial charge >= 0.3 is 0 Å². The Labute approximate surface area is 120 Å². The van der Waals surface area contributed by atoms with Gasteiger partial charge in [-0.1, -0.05) is 42.5 Å². The van der Waals surface area contributed by atoms with Crippen LogP contribution in [0.2, 0.25) is 0 Å². The standard InChI is InChI=1S/C18H21NO/c19-16-10-8-14(9-11-16)18(20)12-15-6-3-5-13-4-1-2-7-17(13)15/h1-7,14,16H,8-12,19H2. The van der Waals surface area contributed by atoms with Crippen LogP contribution in [0.25, 0.3) is 10.8 Å². The zero-order valence-electron chi connectivity index (χ0n) is 11.7. The van der Waals surface area contributed by atoms with Crippen molar-refractivity contribution >= 4 is 16.6 Å². The number of hydrogen-bond donors (Lipinski definition) is 1. The third kappa shape index (κ3) is 2.75. The summed E-state index contributed by atoms with van der Waals surface area (Å²) in [6.07, 6.45) is 4.47. The van der Waals surface area contributed by atoms with E-state index in [0.29, 0.717) is 18.2 Å². The van der Waals surface area contributed by atoms with Crippen LogP contribution in [0.1, 0.15) is 31.2 Å². The highest BCUT2D eigenvalue weighted by Crippen LogP contribution is 2.26. The molecular weight excluding hydrogens is 246 g/mol. The van der Waals surface area contributed by atoms with Crippen LogP contribution in [-0.4, -0.2) is 11.8 Å². The Hall–Kier alpha value is -1.67. The number of nitrogens with two attached hydrogens (primary N) is 1. The number of carbonyl (C=O) groups excluding carboxylic acids is 1. The molecule has 3 rings (SSSR count). The lowest BCUT2D eigenvalue weighted by molar-refractivity contribution is -0.123. The molecule has 1 fully saturated rings. The van der Waals surface area contributed by atoms with E-state index < -0.39 is 0 Å². The van der Waals surface area contributed by atoms with Gasteiger partial charge in [-0.15, -0.1) is 0 Å². The van der Waals surface area contributed by atoms with Crippen molar-refractivity contribution in [2.45, 2.75) is 38.1 Å². The van der Waals surface area contributed by atoms with Crippen molar-refractivity contribution in [1.82, 2.24) is 0 Å². The zero-order chi connectivity index (χ0) is 13.9. The number of ketones is 1. The van der Waals surface area contributed by atoms with Crippen molar-refractivity contribution in [1.29, 1.82) is 0 Å². The molecule has 1 aliphatic carbocycles. The molecule has 0 heterocycles. The molecule has 2 aromatic carbocycles. The summed E-state index contributed by atoms with van der Waals surface area (Å²) in [4.78, 5) is 12.5. The first-order valence-electron chi connectivity index (χ1n) is 7.49. The van der Waals surface area contributed by atoms with Crippen molar-refractivity contribution < 1.29 is 4.79 Å².